The fourth-order valence-electron chi connectivity index (χ4n) is 1.08. The Morgan fingerprint density at radius 3 is 2.60 bits per heavy atom. The molecular weight excluding hydrogens is 349 g/mol. The number of benzene rings is 1. The molecular formula is C9H9ClINO2S. The average Bonchev–Trinajstić information content (AvgIpc) is 1.99. The maximum absolute atomic E-state index is 12.1. The van der Waals surface area contributed by atoms with Crippen LogP contribution in [0.1, 0.15) is 6.92 Å². The van der Waals surface area contributed by atoms with Crippen molar-refractivity contribution in [3.8, 4) is 0 Å². The molecule has 0 radical (unpaired) electrons. The Hall–Kier alpha value is -0.140. The lowest BCUT2D eigenvalue weighted by atomic mass is 10.4. The number of nitrogens with zero attached hydrogens (tertiary/aromatic N) is 1. The Morgan fingerprint density at radius 2 is 2.13 bits per heavy atom. The standard InChI is InChI=1S/C9H9ClINO2S/c1-6(13)12-15(2,14)9-4-3-7(10)5-8(9)11/h3-5H,1-2H3. The molecule has 0 spiro atoms. The quantitative estimate of drug-likeness (QED) is 0.726. The van der Waals surface area contributed by atoms with Crippen molar-refractivity contribution in [3.05, 3.63) is 26.8 Å². The maximum atomic E-state index is 12.1. The highest BCUT2D eigenvalue weighted by Crippen LogP contribution is 2.23. The van der Waals surface area contributed by atoms with Gasteiger partial charge in [-0.1, -0.05) is 11.6 Å². The summed E-state index contributed by atoms with van der Waals surface area (Å²) in [5.74, 6) is -0.437. The van der Waals surface area contributed by atoms with Crippen LogP contribution in [0, 0.1) is 3.57 Å². The highest BCUT2D eigenvalue weighted by atomic mass is 127. The van der Waals surface area contributed by atoms with Gasteiger partial charge >= 0.3 is 0 Å². The van der Waals surface area contributed by atoms with Crippen LogP contribution in [0.3, 0.4) is 0 Å². The molecule has 6 heteroatoms. The molecule has 0 N–H and O–H groups in total. The normalized spacial score (nSPS) is 14.4. The van der Waals surface area contributed by atoms with Crippen molar-refractivity contribution in [3.63, 3.8) is 0 Å². The van der Waals surface area contributed by atoms with Crippen molar-refractivity contribution in [2.24, 2.45) is 4.36 Å². The second-order valence-electron chi connectivity index (χ2n) is 2.99. The zero-order valence-corrected chi connectivity index (χ0v) is 11.9. The molecule has 82 valence electrons. The lowest BCUT2D eigenvalue weighted by Crippen LogP contribution is -2.02. The van der Waals surface area contributed by atoms with Gasteiger partial charge in [-0.05, 0) is 40.8 Å². The molecule has 1 aromatic carbocycles. The van der Waals surface area contributed by atoms with Crippen LogP contribution in [-0.4, -0.2) is 16.4 Å². The molecule has 0 fully saturated rings. The van der Waals surface area contributed by atoms with Crippen molar-refractivity contribution in [2.45, 2.75) is 11.8 Å². The first-order valence-corrected chi connectivity index (χ1v) is 7.39. The van der Waals surface area contributed by atoms with Crippen molar-refractivity contribution >= 4 is 49.8 Å². The summed E-state index contributed by atoms with van der Waals surface area (Å²) in [6.07, 6.45) is 1.44. The molecule has 0 heterocycles. The fraction of sp³-hybridized carbons (Fsp3) is 0.222. The molecule has 3 nitrogen and oxygen atoms in total. The first-order valence-electron chi connectivity index (χ1n) is 4.01. The van der Waals surface area contributed by atoms with Gasteiger partial charge in [0.05, 0.1) is 14.6 Å². The molecule has 0 aliphatic rings. The van der Waals surface area contributed by atoms with E-state index in [0.717, 1.165) is 3.57 Å². The Labute approximate surface area is 108 Å². The summed E-state index contributed by atoms with van der Waals surface area (Å²) in [5, 5.41) is 0.571. The molecule has 0 saturated carbocycles. The second-order valence-corrected chi connectivity index (χ2v) is 6.81. The number of hydrogen-bond donors (Lipinski definition) is 0. The Morgan fingerprint density at radius 1 is 1.53 bits per heavy atom. The summed E-state index contributed by atoms with van der Waals surface area (Å²) in [7, 11) is -2.65. The third-order valence-electron chi connectivity index (χ3n) is 1.60. The largest absolute Gasteiger partial charge is 0.272 e. The van der Waals surface area contributed by atoms with E-state index in [1.54, 1.807) is 18.2 Å². The summed E-state index contributed by atoms with van der Waals surface area (Å²) >= 11 is 7.80. The third kappa shape index (κ3) is 3.42. The van der Waals surface area contributed by atoms with Crippen LogP contribution in [0.5, 0.6) is 0 Å². The Balaban J connectivity index is 3.41. The van der Waals surface area contributed by atoms with Crippen LogP contribution >= 0.6 is 34.2 Å². The van der Waals surface area contributed by atoms with Gasteiger partial charge in [-0.25, -0.2) is 4.21 Å². The van der Waals surface area contributed by atoms with E-state index in [9.17, 15) is 9.00 Å². The molecule has 0 saturated heterocycles. The van der Waals surface area contributed by atoms with Gasteiger partial charge in [0.1, 0.15) is 0 Å². The molecule has 1 unspecified atom stereocenters. The maximum Gasteiger partial charge on any atom is 0.250 e. The molecule has 0 bridgehead atoms. The fourth-order valence-corrected chi connectivity index (χ4v) is 4.50. The van der Waals surface area contributed by atoms with Crippen LogP contribution in [0.25, 0.3) is 0 Å². The van der Waals surface area contributed by atoms with Crippen LogP contribution in [0.15, 0.2) is 27.5 Å². The number of amides is 1. The highest BCUT2D eigenvalue weighted by molar-refractivity contribution is 14.1. The molecule has 1 rings (SSSR count). The minimum absolute atomic E-state index is 0.437. The zero-order chi connectivity index (χ0) is 11.6. The van der Waals surface area contributed by atoms with E-state index in [1.807, 2.05) is 22.6 Å². The van der Waals surface area contributed by atoms with Gasteiger partial charge < -0.3 is 0 Å². The number of hydrogen-bond acceptors (Lipinski definition) is 2. The predicted octanol–water partition coefficient (Wildman–Crippen LogP) is 2.95. The van der Waals surface area contributed by atoms with Gasteiger partial charge in [-0.2, -0.15) is 4.36 Å². The van der Waals surface area contributed by atoms with E-state index >= 15 is 0 Å². The molecule has 15 heavy (non-hydrogen) atoms. The van der Waals surface area contributed by atoms with Gasteiger partial charge in [0.25, 0.3) is 5.91 Å². The monoisotopic (exact) mass is 357 g/mol. The summed E-state index contributed by atoms with van der Waals surface area (Å²) in [5.41, 5.74) is 0. The second kappa shape index (κ2) is 4.80. The molecule has 1 aromatic rings. The SMILES string of the molecule is CC(=O)N=S(C)(=O)c1ccc(Cl)cc1I. The zero-order valence-electron chi connectivity index (χ0n) is 8.16. The van der Waals surface area contributed by atoms with E-state index in [-0.39, 0.29) is 0 Å². The number of halogens is 2. The predicted molar refractivity (Wildman–Crippen MR) is 69.6 cm³/mol. The van der Waals surface area contributed by atoms with E-state index < -0.39 is 15.6 Å². The molecule has 0 aliphatic carbocycles. The van der Waals surface area contributed by atoms with Crippen molar-refractivity contribution < 1.29 is 9.00 Å². The summed E-state index contributed by atoms with van der Waals surface area (Å²) in [6, 6.07) is 4.97. The van der Waals surface area contributed by atoms with Gasteiger partial charge in [0.15, 0.2) is 0 Å². The van der Waals surface area contributed by atoms with Gasteiger partial charge in [-0.15, -0.1) is 0 Å². The van der Waals surface area contributed by atoms with E-state index in [0.29, 0.717) is 9.92 Å². The van der Waals surface area contributed by atoms with Crippen molar-refractivity contribution in [2.75, 3.05) is 6.26 Å². The van der Waals surface area contributed by atoms with Gasteiger partial charge in [-0.3, -0.25) is 4.79 Å². The van der Waals surface area contributed by atoms with E-state index in [4.69, 9.17) is 11.6 Å². The number of carbonyl (C=O) groups excluding carboxylic acids is 1. The van der Waals surface area contributed by atoms with E-state index in [2.05, 4.69) is 4.36 Å². The highest BCUT2D eigenvalue weighted by Gasteiger charge is 2.11. The lowest BCUT2D eigenvalue weighted by molar-refractivity contribution is -0.115. The molecule has 0 aliphatic heterocycles. The molecule has 0 aromatic heterocycles. The van der Waals surface area contributed by atoms with Crippen LogP contribution in [0.2, 0.25) is 5.02 Å². The molecule has 1 amide bonds. The minimum atomic E-state index is -2.65. The van der Waals surface area contributed by atoms with Crippen LogP contribution < -0.4 is 0 Å². The van der Waals surface area contributed by atoms with Crippen LogP contribution in [0.4, 0.5) is 0 Å². The Kier molecular flexibility index (Phi) is 4.13. The van der Waals surface area contributed by atoms with Crippen LogP contribution in [-0.2, 0) is 14.5 Å². The first-order chi connectivity index (χ1) is 6.83. The molecule has 1 atom stereocenters. The summed E-state index contributed by atoms with van der Waals surface area (Å²) in [4.78, 5) is 11.4. The topological polar surface area (TPSA) is 46.5 Å². The summed E-state index contributed by atoms with van der Waals surface area (Å²) < 4.78 is 16.5. The van der Waals surface area contributed by atoms with E-state index in [1.165, 1.54) is 13.2 Å². The third-order valence-corrected chi connectivity index (χ3v) is 4.88. The first kappa shape index (κ1) is 12.9. The summed E-state index contributed by atoms with van der Waals surface area (Å²) in [6.45, 7) is 1.28. The smallest absolute Gasteiger partial charge is 0.250 e. The van der Waals surface area contributed by atoms with Gasteiger partial charge in [0, 0.05) is 21.8 Å². The number of carbonyl (C=O) groups is 1. The van der Waals surface area contributed by atoms with Crippen molar-refractivity contribution in [1.29, 1.82) is 0 Å². The minimum Gasteiger partial charge on any atom is -0.272 e. The number of rotatable bonds is 1. The van der Waals surface area contributed by atoms with Crippen molar-refractivity contribution in [1.82, 2.24) is 0 Å². The van der Waals surface area contributed by atoms with Gasteiger partial charge in [0.2, 0.25) is 0 Å². The average molecular weight is 358 g/mol. The lowest BCUT2D eigenvalue weighted by Gasteiger charge is -2.06. The Bertz CT molecular complexity index is 521.